The Kier molecular flexibility index (Phi) is 8.77. The first-order valence-electron chi connectivity index (χ1n) is 4.58. The van der Waals surface area contributed by atoms with Crippen LogP contribution in [0.3, 0.4) is 0 Å². The van der Waals surface area contributed by atoms with Crippen LogP contribution in [0.1, 0.15) is 6.42 Å². The molecule has 0 aromatic rings. The van der Waals surface area contributed by atoms with Gasteiger partial charge in [-0.15, -0.1) is 0 Å². The molecule has 14 heavy (non-hydrogen) atoms. The second-order valence-corrected chi connectivity index (χ2v) is 7.59. The van der Waals surface area contributed by atoms with Crippen LogP contribution >= 0.6 is 0 Å². The monoisotopic (exact) mass is 240 g/mol. The Morgan fingerprint density at radius 2 is 1.71 bits per heavy atom. The van der Waals surface area contributed by atoms with Crippen molar-refractivity contribution in [1.29, 1.82) is 0 Å². The van der Waals surface area contributed by atoms with Crippen LogP contribution in [0.4, 0.5) is 0 Å². The maximum absolute atomic E-state index is 5.31. The van der Waals surface area contributed by atoms with Gasteiger partial charge in [-0.05, 0) is 0 Å². The van der Waals surface area contributed by atoms with Gasteiger partial charge in [0.15, 0.2) is 0 Å². The Balaban J connectivity index is 3.65. The first-order chi connectivity index (χ1) is 6.74. The molecule has 0 bridgehead atoms. The van der Waals surface area contributed by atoms with Crippen molar-refractivity contribution in [2.24, 2.45) is 0 Å². The Morgan fingerprint density at radius 3 is 2.14 bits per heavy atom. The summed E-state index contributed by atoms with van der Waals surface area (Å²) in [6.45, 7) is 4.85. The van der Waals surface area contributed by atoms with E-state index < -0.39 is 17.8 Å². The van der Waals surface area contributed by atoms with Crippen LogP contribution in [0, 0.1) is 0 Å². The van der Waals surface area contributed by atoms with Crippen molar-refractivity contribution >= 4 is 0 Å². The van der Waals surface area contributed by atoms with E-state index in [4.69, 9.17) is 14.7 Å². The molecule has 0 fully saturated rings. The summed E-state index contributed by atoms with van der Waals surface area (Å²) in [5, 5.41) is 0. The Hall–Kier alpha value is 0.294. The maximum atomic E-state index is 5.31. The molecule has 0 aliphatic heterocycles. The van der Waals surface area contributed by atoms with Crippen molar-refractivity contribution in [1.82, 2.24) is 0 Å². The molecule has 0 N–H and O–H groups in total. The predicted molar refractivity (Wildman–Crippen MR) is 51.5 cm³/mol. The topological polar surface area (TPSA) is 36.9 Å². The van der Waals surface area contributed by atoms with Crippen molar-refractivity contribution in [2.45, 2.75) is 11.1 Å². The van der Waals surface area contributed by atoms with E-state index in [9.17, 15) is 0 Å². The van der Waals surface area contributed by atoms with Crippen LogP contribution in [-0.2, 0) is 32.4 Å². The molecule has 5 heteroatoms. The standard InChI is InChI=1S/C6H11O.3CH3O.Ti/c1-3-5-7-6-4-2;3*1-2;/h3H,1-2,4-6H2;3*1H3;/q;3*-1;+3. The summed E-state index contributed by atoms with van der Waals surface area (Å²) in [6, 6.07) is 0. The van der Waals surface area contributed by atoms with Gasteiger partial charge in [-0.3, -0.25) is 0 Å². The van der Waals surface area contributed by atoms with Crippen molar-refractivity contribution in [3.8, 4) is 0 Å². The molecule has 0 amide bonds. The molecular formula is C9H20O4Ti. The normalized spacial score (nSPS) is 11.6. The molecule has 0 spiro atoms. The molecule has 4 nitrogen and oxygen atoms in total. The molecule has 0 radical (unpaired) electrons. The fraction of sp³-hybridized carbons (Fsp3) is 0.778. The third-order valence-corrected chi connectivity index (χ3v) is 6.36. The molecule has 0 aromatic carbocycles. The molecule has 0 saturated heterocycles. The van der Waals surface area contributed by atoms with Gasteiger partial charge in [0.1, 0.15) is 0 Å². The molecule has 0 aromatic heterocycles. The van der Waals surface area contributed by atoms with Gasteiger partial charge in [-0.2, -0.15) is 0 Å². The first kappa shape index (κ1) is 14.3. The zero-order valence-electron chi connectivity index (χ0n) is 9.25. The van der Waals surface area contributed by atoms with Gasteiger partial charge >= 0.3 is 90.8 Å². The van der Waals surface area contributed by atoms with Gasteiger partial charge in [0.25, 0.3) is 0 Å². The molecule has 84 valence electrons. The molecule has 0 aliphatic rings. The summed E-state index contributed by atoms with van der Waals surface area (Å²) in [5.74, 6) is 0. The van der Waals surface area contributed by atoms with Crippen LogP contribution in [0.5, 0.6) is 0 Å². The predicted octanol–water partition coefficient (Wildman–Crippen LogP) is 1.84. The summed E-state index contributed by atoms with van der Waals surface area (Å²) < 4.78 is 22.0. The van der Waals surface area contributed by atoms with E-state index in [-0.39, 0.29) is 0 Å². The average molecular weight is 240 g/mol. The summed E-state index contributed by atoms with van der Waals surface area (Å²) in [6.07, 6.45) is 2.63. The van der Waals surface area contributed by atoms with Crippen LogP contribution < -0.4 is 0 Å². The average Bonchev–Trinajstić information content (AvgIpc) is 2.24. The van der Waals surface area contributed by atoms with Crippen molar-refractivity contribution in [3.05, 3.63) is 12.7 Å². The first-order valence-corrected chi connectivity index (χ1v) is 7.60. The van der Waals surface area contributed by atoms with E-state index in [0.29, 0.717) is 13.2 Å². The number of ether oxygens (including phenoxy) is 1. The number of hydrogen-bond donors (Lipinski definition) is 0. The van der Waals surface area contributed by atoms with Crippen LogP contribution in [0.2, 0.25) is 4.73 Å². The second kappa shape index (κ2) is 8.59. The minimum atomic E-state index is -2.89. The summed E-state index contributed by atoms with van der Waals surface area (Å²) in [4.78, 5) is 0. The van der Waals surface area contributed by atoms with Crippen LogP contribution in [-0.4, -0.2) is 34.5 Å². The van der Waals surface area contributed by atoms with E-state index >= 15 is 0 Å². The Labute approximate surface area is 91.0 Å². The van der Waals surface area contributed by atoms with Crippen molar-refractivity contribution in [2.75, 3.05) is 34.5 Å². The molecule has 0 aliphatic carbocycles. The molecule has 0 atom stereocenters. The SMILES string of the molecule is C=CCOCC[CH2][Ti]([O]C)([O]C)[O]C. The van der Waals surface area contributed by atoms with E-state index in [1.54, 1.807) is 27.4 Å². The number of hydrogen-bond acceptors (Lipinski definition) is 4. The summed E-state index contributed by atoms with van der Waals surface area (Å²) >= 11 is -2.89. The fourth-order valence-electron chi connectivity index (χ4n) is 1.11. The molecule has 0 saturated carbocycles. The molecule has 0 unspecified atom stereocenters. The third kappa shape index (κ3) is 5.24. The summed E-state index contributed by atoms with van der Waals surface area (Å²) in [7, 11) is 4.91. The van der Waals surface area contributed by atoms with Crippen LogP contribution in [0.15, 0.2) is 12.7 Å². The van der Waals surface area contributed by atoms with Crippen molar-refractivity contribution < 1.29 is 32.4 Å². The van der Waals surface area contributed by atoms with Gasteiger partial charge in [-0.1, -0.05) is 0 Å². The minimum absolute atomic E-state index is 0.590. The van der Waals surface area contributed by atoms with Gasteiger partial charge < -0.3 is 0 Å². The Bertz CT molecular complexity index is 139. The van der Waals surface area contributed by atoms with Gasteiger partial charge in [0.05, 0.1) is 0 Å². The van der Waals surface area contributed by atoms with Gasteiger partial charge in [-0.25, -0.2) is 0 Å². The van der Waals surface area contributed by atoms with E-state index in [1.165, 1.54) is 0 Å². The fourth-order valence-corrected chi connectivity index (χ4v) is 3.75. The number of rotatable bonds is 9. The molecular weight excluding hydrogens is 220 g/mol. The zero-order valence-corrected chi connectivity index (χ0v) is 10.8. The van der Waals surface area contributed by atoms with E-state index in [0.717, 1.165) is 11.1 Å². The van der Waals surface area contributed by atoms with Crippen LogP contribution in [0.25, 0.3) is 0 Å². The quantitative estimate of drug-likeness (QED) is 0.350. The summed E-state index contributed by atoms with van der Waals surface area (Å²) in [5.41, 5.74) is 0. The molecule has 0 heterocycles. The zero-order chi connectivity index (χ0) is 10.9. The van der Waals surface area contributed by atoms with E-state index in [1.807, 2.05) is 0 Å². The van der Waals surface area contributed by atoms with Crippen molar-refractivity contribution in [3.63, 3.8) is 0 Å². The van der Waals surface area contributed by atoms with Gasteiger partial charge in [0, 0.05) is 0 Å². The Morgan fingerprint density at radius 1 is 1.14 bits per heavy atom. The molecule has 0 rings (SSSR count). The van der Waals surface area contributed by atoms with Gasteiger partial charge in [0.2, 0.25) is 0 Å². The second-order valence-electron chi connectivity index (χ2n) is 2.76. The van der Waals surface area contributed by atoms with E-state index in [2.05, 4.69) is 6.58 Å². The third-order valence-electron chi connectivity index (χ3n) is 1.94.